The lowest BCUT2D eigenvalue weighted by Crippen LogP contribution is -2.27. The van der Waals surface area contributed by atoms with Gasteiger partial charge in [-0.25, -0.2) is 4.98 Å². The van der Waals surface area contributed by atoms with E-state index in [0.717, 1.165) is 12.3 Å². The van der Waals surface area contributed by atoms with Crippen LogP contribution in [0.15, 0.2) is 23.1 Å². The minimum absolute atomic E-state index is 0.0512. The number of carbonyl (C=O) groups excluding carboxylic acids is 1. The molecule has 2 heterocycles. The molecule has 0 saturated heterocycles. The van der Waals surface area contributed by atoms with Crippen LogP contribution in [0.5, 0.6) is 0 Å². The summed E-state index contributed by atoms with van der Waals surface area (Å²) in [5.41, 5.74) is 5.17. The molecule has 2 aromatic heterocycles. The Morgan fingerprint density at radius 3 is 2.95 bits per heavy atom. The quantitative estimate of drug-likeness (QED) is 0.569. The van der Waals surface area contributed by atoms with Crippen LogP contribution >= 0.6 is 0 Å². The summed E-state index contributed by atoms with van der Waals surface area (Å²) in [5, 5.41) is 16.6. The molecule has 0 atom stereocenters. The van der Waals surface area contributed by atoms with Crippen molar-refractivity contribution in [3.8, 4) is 0 Å². The molecule has 0 aliphatic heterocycles. The Morgan fingerprint density at radius 1 is 1.50 bits per heavy atom. The zero-order chi connectivity index (χ0) is 14.5. The van der Waals surface area contributed by atoms with Gasteiger partial charge in [0.15, 0.2) is 6.33 Å². The zero-order valence-electron chi connectivity index (χ0n) is 10.1. The van der Waals surface area contributed by atoms with E-state index in [0.29, 0.717) is 12.3 Å². The van der Waals surface area contributed by atoms with Crippen molar-refractivity contribution in [2.75, 3.05) is 12.3 Å². The first-order chi connectivity index (χ1) is 9.58. The molecule has 2 rings (SSSR count). The van der Waals surface area contributed by atoms with Crippen molar-refractivity contribution >= 4 is 17.4 Å². The molecule has 0 radical (unpaired) electrons. The predicted molar refractivity (Wildman–Crippen MR) is 65.6 cm³/mol. The molecule has 10 heteroatoms. The number of nitrogen functional groups attached to an aromatic ring is 1. The van der Waals surface area contributed by atoms with E-state index in [1.54, 1.807) is 0 Å². The predicted octanol–water partition coefficient (Wildman–Crippen LogP) is -0.0725. The first-order valence-electron chi connectivity index (χ1n) is 5.51. The molecule has 2 aromatic rings. The van der Waals surface area contributed by atoms with E-state index in [9.17, 15) is 14.9 Å². The number of carbonyl (C=O) groups is 1. The van der Waals surface area contributed by atoms with Crippen molar-refractivity contribution in [2.45, 2.75) is 6.42 Å². The van der Waals surface area contributed by atoms with Gasteiger partial charge in [-0.2, -0.15) is 4.98 Å². The number of aromatic nitrogens is 3. The fraction of sp³-hybridized carbons (Fsp3) is 0.200. The van der Waals surface area contributed by atoms with E-state index in [2.05, 4.69) is 20.4 Å². The normalized spacial score (nSPS) is 10.2. The largest absolute Gasteiger partial charge is 0.383 e. The molecule has 104 valence electrons. The van der Waals surface area contributed by atoms with Crippen molar-refractivity contribution in [1.82, 2.24) is 20.4 Å². The Morgan fingerprint density at radius 2 is 2.30 bits per heavy atom. The van der Waals surface area contributed by atoms with Gasteiger partial charge in [-0.3, -0.25) is 14.9 Å². The summed E-state index contributed by atoms with van der Waals surface area (Å²) in [6.07, 6.45) is 2.58. The van der Waals surface area contributed by atoms with E-state index >= 15 is 0 Å². The highest BCUT2D eigenvalue weighted by Crippen LogP contribution is 2.16. The summed E-state index contributed by atoms with van der Waals surface area (Å²) < 4.78 is 4.76. The smallest absolute Gasteiger partial charge is 0.288 e. The molecule has 1 amide bonds. The average molecular weight is 278 g/mol. The molecule has 0 aromatic carbocycles. The van der Waals surface area contributed by atoms with Crippen LogP contribution in [0.1, 0.15) is 16.2 Å². The van der Waals surface area contributed by atoms with E-state index in [1.807, 2.05) is 0 Å². The van der Waals surface area contributed by atoms with Crippen LogP contribution in [-0.2, 0) is 6.42 Å². The summed E-state index contributed by atoms with van der Waals surface area (Å²) in [6.45, 7) is 0.225. The standard InChI is InChI=1S/C10H10N6O4/c11-9-7(3-6(4-13-9)16(18)19)10(17)12-2-1-8-14-5-15-20-8/h3-5H,1-2H2,(H2,11,13)(H,12,17). The van der Waals surface area contributed by atoms with Crippen molar-refractivity contribution in [3.63, 3.8) is 0 Å². The van der Waals surface area contributed by atoms with Gasteiger partial charge in [-0.05, 0) is 0 Å². The van der Waals surface area contributed by atoms with Crippen LogP contribution < -0.4 is 11.1 Å². The van der Waals surface area contributed by atoms with E-state index in [-0.39, 0.29) is 23.6 Å². The molecule has 0 bridgehead atoms. The molecule has 0 aliphatic carbocycles. The van der Waals surface area contributed by atoms with Crippen LogP contribution in [-0.4, -0.2) is 32.5 Å². The topological polar surface area (TPSA) is 150 Å². The van der Waals surface area contributed by atoms with Gasteiger partial charge in [-0.15, -0.1) is 0 Å². The zero-order valence-corrected chi connectivity index (χ0v) is 10.1. The highest BCUT2D eigenvalue weighted by atomic mass is 16.6. The van der Waals surface area contributed by atoms with Crippen molar-refractivity contribution in [1.29, 1.82) is 0 Å². The Bertz CT molecular complexity index is 627. The summed E-state index contributed by atoms with van der Waals surface area (Å²) in [4.78, 5) is 29.2. The number of nitrogens with one attached hydrogen (secondary N) is 1. The van der Waals surface area contributed by atoms with E-state index in [1.165, 1.54) is 6.33 Å². The van der Waals surface area contributed by atoms with Gasteiger partial charge in [0, 0.05) is 19.0 Å². The number of amides is 1. The summed E-state index contributed by atoms with van der Waals surface area (Å²) in [7, 11) is 0. The lowest BCUT2D eigenvalue weighted by atomic mass is 10.2. The number of nitrogens with two attached hydrogens (primary N) is 1. The fourth-order valence-electron chi connectivity index (χ4n) is 1.43. The third-order valence-corrected chi connectivity index (χ3v) is 2.39. The van der Waals surface area contributed by atoms with Gasteiger partial charge in [-0.1, -0.05) is 5.16 Å². The second-order valence-corrected chi connectivity index (χ2v) is 3.72. The molecule has 0 spiro atoms. The SMILES string of the molecule is Nc1ncc([N+](=O)[O-])cc1C(=O)NCCc1ncno1. The highest BCUT2D eigenvalue weighted by Gasteiger charge is 2.16. The number of hydrogen-bond acceptors (Lipinski definition) is 8. The van der Waals surface area contributed by atoms with Gasteiger partial charge in [0.2, 0.25) is 5.89 Å². The maximum Gasteiger partial charge on any atom is 0.288 e. The third-order valence-electron chi connectivity index (χ3n) is 2.39. The lowest BCUT2D eigenvalue weighted by Gasteiger charge is -2.05. The number of pyridine rings is 1. The molecular formula is C10H10N6O4. The van der Waals surface area contributed by atoms with E-state index < -0.39 is 10.8 Å². The van der Waals surface area contributed by atoms with E-state index in [4.69, 9.17) is 10.3 Å². The van der Waals surface area contributed by atoms with Crippen LogP contribution in [0.3, 0.4) is 0 Å². The van der Waals surface area contributed by atoms with Gasteiger partial charge in [0.05, 0.1) is 10.5 Å². The maximum absolute atomic E-state index is 11.8. The first kappa shape index (κ1) is 13.4. The van der Waals surface area contributed by atoms with Crippen LogP contribution in [0.4, 0.5) is 11.5 Å². The van der Waals surface area contributed by atoms with Crippen molar-refractivity contribution < 1.29 is 14.2 Å². The van der Waals surface area contributed by atoms with Gasteiger partial charge >= 0.3 is 0 Å². The Balaban J connectivity index is 2.01. The Hall–Kier alpha value is -3.04. The number of rotatable bonds is 5. The Labute approximate surface area is 112 Å². The number of anilines is 1. The molecule has 0 saturated carbocycles. The minimum atomic E-state index is -0.651. The molecule has 0 fully saturated rings. The van der Waals surface area contributed by atoms with Crippen molar-refractivity contribution in [2.24, 2.45) is 0 Å². The number of nitro groups is 1. The fourth-order valence-corrected chi connectivity index (χ4v) is 1.43. The van der Waals surface area contributed by atoms with Gasteiger partial charge < -0.3 is 15.6 Å². The molecule has 0 aliphatic rings. The average Bonchev–Trinajstić information content (AvgIpc) is 2.92. The second-order valence-electron chi connectivity index (χ2n) is 3.72. The lowest BCUT2D eigenvalue weighted by molar-refractivity contribution is -0.385. The monoisotopic (exact) mass is 278 g/mol. The molecule has 10 nitrogen and oxygen atoms in total. The van der Waals surface area contributed by atoms with Crippen molar-refractivity contribution in [3.05, 3.63) is 40.2 Å². The maximum atomic E-state index is 11.8. The first-order valence-corrected chi connectivity index (χ1v) is 5.51. The molecule has 3 N–H and O–H groups in total. The van der Waals surface area contributed by atoms with Gasteiger partial charge in [0.25, 0.3) is 11.6 Å². The minimum Gasteiger partial charge on any atom is -0.383 e. The summed E-state index contributed by atoms with van der Waals surface area (Å²) in [5.74, 6) is -0.264. The van der Waals surface area contributed by atoms with Crippen LogP contribution in [0.2, 0.25) is 0 Å². The van der Waals surface area contributed by atoms with Crippen LogP contribution in [0, 0.1) is 10.1 Å². The summed E-state index contributed by atoms with van der Waals surface area (Å²) >= 11 is 0. The second kappa shape index (κ2) is 5.73. The molecule has 0 unspecified atom stereocenters. The summed E-state index contributed by atoms with van der Waals surface area (Å²) in [6, 6.07) is 1.07. The molecule has 20 heavy (non-hydrogen) atoms. The highest BCUT2D eigenvalue weighted by molar-refractivity contribution is 5.98. The van der Waals surface area contributed by atoms with Gasteiger partial charge in [0.1, 0.15) is 12.0 Å². The Kier molecular flexibility index (Phi) is 3.84. The van der Waals surface area contributed by atoms with Crippen LogP contribution in [0.25, 0.3) is 0 Å². The number of hydrogen-bond donors (Lipinski definition) is 2. The third kappa shape index (κ3) is 3.04. The number of nitrogens with zero attached hydrogens (tertiary/aromatic N) is 4. The molecular weight excluding hydrogens is 268 g/mol.